The summed E-state index contributed by atoms with van der Waals surface area (Å²) in [6, 6.07) is 3.86. The van der Waals surface area contributed by atoms with Gasteiger partial charge in [0, 0.05) is 24.8 Å². The number of nitrogens with zero attached hydrogens (tertiary/aromatic N) is 2. The van der Waals surface area contributed by atoms with Crippen molar-refractivity contribution in [2.24, 2.45) is 5.73 Å². The van der Waals surface area contributed by atoms with Crippen LogP contribution in [0.2, 0.25) is 0 Å². The molecule has 0 saturated heterocycles. The summed E-state index contributed by atoms with van der Waals surface area (Å²) in [4.78, 5) is 6.32. The maximum absolute atomic E-state index is 5.62. The van der Waals surface area contributed by atoms with Crippen LogP contribution in [-0.2, 0) is 6.54 Å². The van der Waals surface area contributed by atoms with Crippen LogP contribution in [0.15, 0.2) is 18.3 Å². The van der Waals surface area contributed by atoms with E-state index in [4.69, 9.17) is 12.2 Å². The van der Waals surface area contributed by atoms with Gasteiger partial charge in [0.15, 0.2) is 0 Å². The highest BCUT2D eigenvalue weighted by Gasteiger charge is 2.07. The molecule has 0 amide bonds. The van der Waals surface area contributed by atoms with Crippen LogP contribution in [0.4, 0.5) is 5.82 Å². The lowest BCUT2D eigenvalue weighted by Gasteiger charge is -2.21. The smallest absolute Gasteiger partial charge is 0.133 e. The van der Waals surface area contributed by atoms with Gasteiger partial charge in [-0.1, -0.05) is 12.0 Å². The Kier molecular flexibility index (Phi) is 3.96. The van der Waals surface area contributed by atoms with E-state index in [0.29, 0.717) is 13.1 Å². The van der Waals surface area contributed by atoms with Gasteiger partial charge in [-0.15, -0.1) is 6.42 Å². The zero-order valence-electron chi connectivity index (χ0n) is 8.40. The first kappa shape index (κ1) is 10.6. The Bertz CT molecular complexity index is 328. The molecule has 1 heterocycles. The normalized spacial score (nSPS) is 9.50. The molecule has 1 rings (SSSR count). The monoisotopic (exact) mass is 189 g/mol. The second-order valence-electron chi connectivity index (χ2n) is 2.91. The number of terminal acetylenes is 1. The number of hydrogen-bond donors (Lipinski definition) is 1. The zero-order valence-corrected chi connectivity index (χ0v) is 8.40. The Morgan fingerprint density at radius 1 is 1.64 bits per heavy atom. The van der Waals surface area contributed by atoms with Crippen molar-refractivity contribution in [3.63, 3.8) is 0 Å². The number of anilines is 1. The molecule has 0 bridgehead atoms. The number of aromatic nitrogens is 1. The minimum atomic E-state index is 0.490. The molecule has 0 radical (unpaired) electrons. The van der Waals surface area contributed by atoms with Gasteiger partial charge < -0.3 is 10.6 Å². The molecule has 2 N–H and O–H groups in total. The lowest BCUT2D eigenvalue weighted by atomic mass is 10.2. The Morgan fingerprint density at radius 2 is 2.43 bits per heavy atom. The molecular weight excluding hydrogens is 174 g/mol. The molecule has 0 aromatic carbocycles. The molecule has 3 nitrogen and oxygen atoms in total. The van der Waals surface area contributed by atoms with E-state index in [9.17, 15) is 0 Å². The van der Waals surface area contributed by atoms with Crippen molar-refractivity contribution in [3.05, 3.63) is 23.9 Å². The molecule has 3 heteroatoms. The average Bonchev–Trinajstić information content (AvgIpc) is 2.26. The number of pyridine rings is 1. The molecule has 0 saturated carbocycles. The molecule has 14 heavy (non-hydrogen) atoms. The van der Waals surface area contributed by atoms with Crippen molar-refractivity contribution < 1.29 is 0 Å². The molecule has 0 aliphatic carbocycles. The quantitative estimate of drug-likeness (QED) is 0.718. The van der Waals surface area contributed by atoms with E-state index in [2.05, 4.69) is 10.9 Å². The van der Waals surface area contributed by atoms with Gasteiger partial charge in [-0.3, -0.25) is 0 Å². The Labute approximate surface area is 84.9 Å². The van der Waals surface area contributed by atoms with Crippen LogP contribution in [-0.4, -0.2) is 18.1 Å². The van der Waals surface area contributed by atoms with Crippen molar-refractivity contribution in [2.75, 3.05) is 18.0 Å². The summed E-state index contributed by atoms with van der Waals surface area (Å²) in [7, 11) is 0. The fourth-order valence-corrected chi connectivity index (χ4v) is 1.32. The van der Waals surface area contributed by atoms with Crippen molar-refractivity contribution in [3.8, 4) is 12.3 Å². The number of hydrogen-bond acceptors (Lipinski definition) is 3. The molecule has 0 unspecified atom stereocenters. The van der Waals surface area contributed by atoms with Crippen LogP contribution in [0, 0.1) is 12.3 Å². The molecular formula is C11H15N3. The molecule has 1 aromatic heterocycles. The largest absolute Gasteiger partial charge is 0.345 e. The van der Waals surface area contributed by atoms with E-state index in [1.807, 2.05) is 24.0 Å². The molecule has 74 valence electrons. The average molecular weight is 189 g/mol. The maximum Gasteiger partial charge on any atom is 0.133 e. The van der Waals surface area contributed by atoms with E-state index < -0.39 is 0 Å². The standard InChI is InChI=1S/C11H15N3/c1-3-8-14(4-2)11-10(9-12)6-5-7-13-11/h1,5-7H,4,8-9,12H2,2H3. The molecule has 0 atom stereocenters. The zero-order chi connectivity index (χ0) is 10.4. The van der Waals surface area contributed by atoms with Gasteiger partial charge in [-0.05, 0) is 13.0 Å². The summed E-state index contributed by atoms with van der Waals surface area (Å²) in [6.45, 7) is 3.95. The first-order valence-corrected chi connectivity index (χ1v) is 4.65. The Hall–Kier alpha value is -1.53. The molecule has 0 fully saturated rings. The molecule has 0 spiro atoms. The lowest BCUT2D eigenvalue weighted by molar-refractivity contribution is 0.872. The highest BCUT2D eigenvalue weighted by molar-refractivity contribution is 5.47. The van der Waals surface area contributed by atoms with E-state index >= 15 is 0 Å². The third-order valence-corrected chi connectivity index (χ3v) is 2.05. The fourth-order valence-electron chi connectivity index (χ4n) is 1.32. The number of rotatable bonds is 4. The summed E-state index contributed by atoms with van der Waals surface area (Å²) in [6.07, 6.45) is 7.04. The van der Waals surface area contributed by atoms with Crippen molar-refractivity contribution >= 4 is 5.82 Å². The summed E-state index contributed by atoms with van der Waals surface area (Å²) in [5.41, 5.74) is 6.65. The van der Waals surface area contributed by atoms with E-state index in [1.165, 1.54) is 0 Å². The minimum Gasteiger partial charge on any atom is -0.345 e. The molecule has 0 aliphatic heterocycles. The van der Waals surface area contributed by atoms with Crippen molar-refractivity contribution in [1.82, 2.24) is 4.98 Å². The predicted octanol–water partition coefficient (Wildman–Crippen LogP) is 1.000. The topological polar surface area (TPSA) is 42.2 Å². The second kappa shape index (κ2) is 5.25. The van der Waals surface area contributed by atoms with Gasteiger partial charge in [-0.2, -0.15) is 0 Å². The van der Waals surface area contributed by atoms with Crippen LogP contribution in [0.5, 0.6) is 0 Å². The fraction of sp³-hybridized carbons (Fsp3) is 0.364. The van der Waals surface area contributed by atoms with Crippen LogP contribution >= 0.6 is 0 Å². The summed E-state index contributed by atoms with van der Waals surface area (Å²) in [5, 5.41) is 0. The molecule has 0 aliphatic rings. The second-order valence-corrected chi connectivity index (χ2v) is 2.91. The van der Waals surface area contributed by atoms with Crippen molar-refractivity contribution in [1.29, 1.82) is 0 Å². The van der Waals surface area contributed by atoms with Crippen molar-refractivity contribution in [2.45, 2.75) is 13.5 Å². The highest BCUT2D eigenvalue weighted by Crippen LogP contribution is 2.15. The Balaban J connectivity index is 2.97. The van der Waals surface area contributed by atoms with Crippen LogP contribution in [0.3, 0.4) is 0 Å². The van der Waals surface area contributed by atoms with E-state index in [0.717, 1.165) is 17.9 Å². The summed E-state index contributed by atoms with van der Waals surface area (Å²) < 4.78 is 0. The Morgan fingerprint density at radius 3 is 3.00 bits per heavy atom. The number of nitrogens with two attached hydrogens (primary N) is 1. The third kappa shape index (κ3) is 2.24. The first-order valence-electron chi connectivity index (χ1n) is 4.65. The van der Waals surface area contributed by atoms with E-state index in [1.54, 1.807) is 6.20 Å². The van der Waals surface area contributed by atoms with E-state index in [-0.39, 0.29) is 0 Å². The minimum absolute atomic E-state index is 0.490. The maximum atomic E-state index is 5.62. The van der Waals surface area contributed by atoms with Gasteiger partial charge in [0.1, 0.15) is 5.82 Å². The van der Waals surface area contributed by atoms with Crippen LogP contribution < -0.4 is 10.6 Å². The SMILES string of the molecule is C#CCN(CC)c1ncccc1CN. The molecule has 1 aromatic rings. The first-order chi connectivity index (χ1) is 6.83. The summed E-state index contributed by atoms with van der Waals surface area (Å²) in [5.74, 6) is 3.51. The highest BCUT2D eigenvalue weighted by atomic mass is 15.2. The third-order valence-electron chi connectivity index (χ3n) is 2.05. The van der Waals surface area contributed by atoms with Crippen LogP contribution in [0.1, 0.15) is 12.5 Å². The van der Waals surface area contributed by atoms with Gasteiger partial charge in [-0.25, -0.2) is 4.98 Å². The van der Waals surface area contributed by atoms with Gasteiger partial charge in [0.05, 0.1) is 6.54 Å². The predicted molar refractivity (Wildman–Crippen MR) is 58.8 cm³/mol. The van der Waals surface area contributed by atoms with Crippen LogP contribution in [0.25, 0.3) is 0 Å². The van der Waals surface area contributed by atoms with Gasteiger partial charge in [0.25, 0.3) is 0 Å². The summed E-state index contributed by atoms with van der Waals surface area (Å²) >= 11 is 0. The van der Waals surface area contributed by atoms with Gasteiger partial charge >= 0.3 is 0 Å². The van der Waals surface area contributed by atoms with Gasteiger partial charge in [0.2, 0.25) is 0 Å². The lowest BCUT2D eigenvalue weighted by Crippen LogP contribution is -2.25.